The van der Waals surface area contributed by atoms with Crippen LogP contribution in [0.1, 0.15) is 21.6 Å². The summed E-state index contributed by atoms with van der Waals surface area (Å²) in [5.74, 6) is -0.0910. The molecule has 2 aromatic carbocycles. The molecule has 0 unspecified atom stereocenters. The molecule has 6 heteroatoms. The van der Waals surface area contributed by atoms with Gasteiger partial charge in [-0.25, -0.2) is 9.48 Å². The highest BCUT2D eigenvalue weighted by atomic mass is 35.5. The summed E-state index contributed by atoms with van der Waals surface area (Å²) >= 11 is 5.88. The topological polar surface area (TPSA) is 57.0 Å². The maximum atomic E-state index is 12.1. The van der Waals surface area contributed by atoms with Gasteiger partial charge in [-0.15, -0.1) is 5.10 Å². The summed E-state index contributed by atoms with van der Waals surface area (Å²) in [5, 5.41) is 8.42. The first-order valence-corrected chi connectivity index (χ1v) is 7.42. The Labute approximate surface area is 138 Å². The Morgan fingerprint density at radius 2 is 2.00 bits per heavy atom. The molecule has 0 radical (unpaired) electrons. The Hall–Kier alpha value is -2.66. The Morgan fingerprint density at radius 1 is 1.22 bits per heavy atom. The molecule has 23 heavy (non-hydrogen) atoms. The summed E-state index contributed by atoms with van der Waals surface area (Å²) in [7, 11) is 0. The van der Waals surface area contributed by atoms with Gasteiger partial charge in [-0.05, 0) is 36.2 Å². The first-order valence-electron chi connectivity index (χ1n) is 7.04. The van der Waals surface area contributed by atoms with Gasteiger partial charge in [-0.1, -0.05) is 47.1 Å². The van der Waals surface area contributed by atoms with Crippen LogP contribution in [0.5, 0.6) is 5.75 Å². The van der Waals surface area contributed by atoms with Crippen LogP contribution >= 0.6 is 11.6 Å². The zero-order valence-corrected chi connectivity index (χ0v) is 13.2. The minimum Gasteiger partial charge on any atom is -0.421 e. The fourth-order valence-electron chi connectivity index (χ4n) is 2.12. The van der Waals surface area contributed by atoms with Crippen molar-refractivity contribution in [2.75, 3.05) is 0 Å². The van der Waals surface area contributed by atoms with Crippen LogP contribution in [-0.4, -0.2) is 21.0 Å². The normalized spacial score (nSPS) is 10.5. The van der Waals surface area contributed by atoms with Crippen LogP contribution in [0.15, 0.2) is 54.7 Å². The molecule has 0 atom stereocenters. The number of esters is 1. The second-order valence-electron chi connectivity index (χ2n) is 5.09. The molecule has 1 aromatic heterocycles. The van der Waals surface area contributed by atoms with Crippen LogP contribution < -0.4 is 4.74 Å². The van der Waals surface area contributed by atoms with Crippen molar-refractivity contribution in [2.45, 2.75) is 13.5 Å². The third-order valence-corrected chi connectivity index (χ3v) is 3.51. The van der Waals surface area contributed by atoms with Gasteiger partial charge in [-0.2, -0.15) is 0 Å². The van der Waals surface area contributed by atoms with Gasteiger partial charge in [0, 0.05) is 5.02 Å². The molecule has 1 heterocycles. The van der Waals surface area contributed by atoms with Gasteiger partial charge in [0.1, 0.15) is 5.75 Å². The van der Waals surface area contributed by atoms with E-state index in [1.54, 1.807) is 29.1 Å². The maximum Gasteiger partial charge on any atom is 0.365 e. The van der Waals surface area contributed by atoms with Crippen molar-refractivity contribution < 1.29 is 9.53 Å². The summed E-state index contributed by atoms with van der Waals surface area (Å²) in [5.41, 5.74) is 2.02. The summed E-state index contributed by atoms with van der Waals surface area (Å²) in [6, 6.07) is 14.9. The number of hydrogen-bond donors (Lipinski definition) is 0. The van der Waals surface area contributed by atoms with Crippen LogP contribution in [0.3, 0.4) is 0 Å². The van der Waals surface area contributed by atoms with Crippen LogP contribution in [0.2, 0.25) is 5.02 Å². The molecule has 0 aliphatic heterocycles. The van der Waals surface area contributed by atoms with Crippen molar-refractivity contribution in [3.8, 4) is 5.75 Å². The number of benzene rings is 2. The van der Waals surface area contributed by atoms with Crippen LogP contribution in [-0.2, 0) is 6.54 Å². The molecule has 0 bridgehead atoms. The van der Waals surface area contributed by atoms with Gasteiger partial charge in [0.2, 0.25) is 0 Å². The number of carbonyl (C=O) groups is 1. The van der Waals surface area contributed by atoms with Gasteiger partial charge in [0.05, 0.1) is 12.7 Å². The largest absolute Gasteiger partial charge is 0.421 e. The second kappa shape index (κ2) is 6.62. The smallest absolute Gasteiger partial charge is 0.365 e. The Kier molecular flexibility index (Phi) is 4.39. The van der Waals surface area contributed by atoms with E-state index in [2.05, 4.69) is 10.3 Å². The molecule has 5 nitrogen and oxygen atoms in total. The van der Waals surface area contributed by atoms with E-state index in [9.17, 15) is 4.79 Å². The van der Waals surface area contributed by atoms with Gasteiger partial charge in [0.15, 0.2) is 5.69 Å². The van der Waals surface area contributed by atoms with E-state index in [4.69, 9.17) is 16.3 Å². The van der Waals surface area contributed by atoms with Crippen molar-refractivity contribution in [1.29, 1.82) is 0 Å². The van der Waals surface area contributed by atoms with Crippen molar-refractivity contribution in [3.63, 3.8) is 0 Å². The van der Waals surface area contributed by atoms with Gasteiger partial charge in [0.25, 0.3) is 0 Å². The van der Waals surface area contributed by atoms with E-state index in [1.807, 2.05) is 37.3 Å². The van der Waals surface area contributed by atoms with E-state index in [0.29, 0.717) is 17.3 Å². The molecule has 0 saturated heterocycles. The highest BCUT2D eigenvalue weighted by molar-refractivity contribution is 6.30. The van der Waals surface area contributed by atoms with E-state index in [1.165, 1.54) is 0 Å². The van der Waals surface area contributed by atoms with Crippen molar-refractivity contribution in [2.24, 2.45) is 0 Å². The summed E-state index contributed by atoms with van der Waals surface area (Å²) < 4.78 is 6.93. The number of halogens is 1. The fraction of sp³-hybridized carbons (Fsp3) is 0.118. The summed E-state index contributed by atoms with van der Waals surface area (Å²) in [6.07, 6.45) is 1.57. The third kappa shape index (κ3) is 3.76. The standard InChI is InChI=1S/C17H14ClN3O2/c1-12-9-14(18)7-8-16(12)23-17(22)15-11-21(20-19-15)10-13-5-3-2-4-6-13/h2-9,11H,10H2,1H3. The van der Waals surface area contributed by atoms with E-state index >= 15 is 0 Å². The van der Waals surface area contributed by atoms with E-state index < -0.39 is 5.97 Å². The predicted octanol–water partition coefficient (Wildman–Crippen LogP) is 3.51. The van der Waals surface area contributed by atoms with Crippen LogP contribution in [0, 0.1) is 6.92 Å². The van der Waals surface area contributed by atoms with Crippen molar-refractivity contribution in [1.82, 2.24) is 15.0 Å². The molecular weight excluding hydrogens is 314 g/mol. The molecule has 0 amide bonds. The number of rotatable bonds is 4. The molecular formula is C17H14ClN3O2. The minimum absolute atomic E-state index is 0.162. The van der Waals surface area contributed by atoms with E-state index in [-0.39, 0.29) is 5.69 Å². The number of ether oxygens (including phenoxy) is 1. The average Bonchev–Trinajstić information content (AvgIpc) is 3.00. The number of aryl methyl sites for hydroxylation is 1. The highest BCUT2D eigenvalue weighted by Crippen LogP contribution is 2.22. The molecule has 0 spiro atoms. The minimum atomic E-state index is -0.547. The van der Waals surface area contributed by atoms with Gasteiger partial charge >= 0.3 is 5.97 Å². The first-order chi connectivity index (χ1) is 11.1. The lowest BCUT2D eigenvalue weighted by Crippen LogP contribution is -2.09. The van der Waals surface area contributed by atoms with Crippen LogP contribution in [0.4, 0.5) is 0 Å². The number of nitrogens with zero attached hydrogens (tertiary/aromatic N) is 3. The summed E-state index contributed by atoms with van der Waals surface area (Å²) in [4.78, 5) is 12.1. The molecule has 0 aliphatic carbocycles. The van der Waals surface area contributed by atoms with Crippen molar-refractivity contribution in [3.05, 3.63) is 76.6 Å². The lowest BCUT2D eigenvalue weighted by atomic mass is 10.2. The fourth-order valence-corrected chi connectivity index (χ4v) is 2.35. The lowest BCUT2D eigenvalue weighted by Gasteiger charge is -2.05. The first kappa shape index (κ1) is 15.2. The van der Waals surface area contributed by atoms with E-state index in [0.717, 1.165) is 11.1 Å². The highest BCUT2D eigenvalue weighted by Gasteiger charge is 2.15. The van der Waals surface area contributed by atoms with Crippen LogP contribution in [0.25, 0.3) is 0 Å². The molecule has 116 valence electrons. The Bertz CT molecular complexity index is 831. The molecule has 3 rings (SSSR count). The monoisotopic (exact) mass is 327 g/mol. The maximum absolute atomic E-state index is 12.1. The number of hydrogen-bond acceptors (Lipinski definition) is 4. The molecule has 0 fully saturated rings. The quantitative estimate of drug-likeness (QED) is 0.543. The molecule has 0 N–H and O–H groups in total. The zero-order valence-electron chi connectivity index (χ0n) is 12.4. The second-order valence-corrected chi connectivity index (χ2v) is 5.52. The zero-order chi connectivity index (χ0) is 16.2. The Morgan fingerprint density at radius 3 is 2.74 bits per heavy atom. The van der Waals surface area contributed by atoms with Gasteiger partial charge in [-0.3, -0.25) is 0 Å². The summed E-state index contributed by atoms with van der Waals surface area (Å²) in [6.45, 7) is 2.36. The SMILES string of the molecule is Cc1cc(Cl)ccc1OC(=O)c1cn(Cc2ccccc2)nn1. The number of aromatic nitrogens is 3. The van der Waals surface area contributed by atoms with Crippen molar-refractivity contribution >= 4 is 17.6 Å². The van der Waals surface area contributed by atoms with Gasteiger partial charge < -0.3 is 4.74 Å². The molecule has 3 aromatic rings. The predicted molar refractivity (Wildman–Crippen MR) is 86.7 cm³/mol. The molecule has 0 aliphatic rings. The molecule has 0 saturated carbocycles. The Balaban J connectivity index is 1.71. The third-order valence-electron chi connectivity index (χ3n) is 3.27. The number of carbonyl (C=O) groups excluding carboxylic acids is 1. The average molecular weight is 328 g/mol. The lowest BCUT2D eigenvalue weighted by molar-refractivity contribution is 0.0727.